The second kappa shape index (κ2) is 4.78. The van der Waals surface area contributed by atoms with Gasteiger partial charge in [0.25, 0.3) is 0 Å². The summed E-state index contributed by atoms with van der Waals surface area (Å²) in [5.41, 5.74) is 0. The lowest BCUT2D eigenvalue weighted by atomic mass is 10.0. The first kappa shape index (κ1) is 11.7. The molecular formula is C17H14O3. The molecule has 0 aliphatic carbocycles. The molecular weight excluding hydrogens is 252 g/mol. The second-order valence-corrected chi connectivity index (χ2v) is 4.86. The summed E-state index contributed by atoms with van der Waals surface area (Å²) in [6.45, 7) is 0.596. The number of ether oxygens (including phenoxy) is 3. The van der Waals surface area contributed by atoms with Crippen LogP contribution in [-0.4, -0.2) is 19.7 Å². The molecule has 100 valence electrons. The molecule has 1 aliphatic rings. The monoisotopic (exact) mass is 266 g/mol. The summed E-state index contributed by atoms with van der Waals surface area (Å²) in [4.78, 5) is 0. The Hall–Kier alpha value is -2.10. The maximum absolute atomic E-state index is 5.65. The Labute approximate surface area is 116 Å². The second-order valence-electron chi connectivity index (χ2n) is 4.86. The Morgan fingerprint density at radius 1 is 0.750 bits per heavy atom. The van der Waals surface area contributed by atoms with Crippen molar-refractivity contribution in [2.75, 3.05) is 13.2 Å². The molecule has 0 aromatic heterocycles. The zero-order valence-corrected chi connectivity index (χ0v) is 10.9. The third-order valence-electron chi connectivity index (χ3n) is 3.50. The lowest BCUT2D eigenvalue weighted by Crippen LogP contribution is -2.16. The molecule has 0 bridgehead atoms. The Balaban J connectivity index is 1.75. The fraction of sp³-hybridized carbons (Fsp3) is 0.176. The molecule has 20 heavy (non-hydrogen) atoms. The Morgan fingerprint density at radius 2 is 1.40 bits per heavy atom. The average Bonchev–Trinajstić information content (AvgIpc) is 2.98. The summed E-state index contributed by atoms with van der Waals surface area (Å²) in [7, 11) is 0. The van der Waals surface area contributed by atoms with Crippen LogP contribution in [0.3, 0.4) is 0 Å². The molecule has 1 aliphatic heterocycles. The summed E-state index contributed by atoms with van der Waals surface area (Å²) in [5.74, 6) is 0.764. The van der Waals surface area contributed by atoms with Gasteiger partial charge in [0.05, 0.1) is 13.2 Å². The lowest BCUT2D eigenvalue weighted by molar-refractivity contribution is -0.176. The summed E-state index contributed by atoms with van der Waals surface area (Å²) in [6.07, 6.45) is 0. The van der Waals surface area contributed by atoms with Crippen molar-refractivity contribution in [1.29, 1.82) is 0 Å². The van der Waals surface area contributed by atoms with Crippen molar-refractivity contribution in [2.24, 2.45) is 0 Å². The van der Waals surface area contributed by atoms with E-state index in [1.54, 1.807) is 0 Å². The number of fused-ring (bicyclic) bond motifs is 2. The minimum atomic E-state index is -0.576. The molecule has 3 heteroatoms. The standard InChI is InChI=1S/C17H14O3/c1-2-4-13-10-15-11-16(20-17-18-7-8-19-17)6-5-14(15)9-12(13)3-1/h1-6,9-11,17H,7-8H2. The first-order chi connectivity index (χ1) is 9.88. The highest BCUT2D eigenvalue weighted by atomic mass is 16.9. The van der Waals surface area contributed by atoms with E-state index in [1.807, 2.05) is 12.1 Å². The van der Waals surface area contributed by atoms with Gasteiger partial charge in [-0.3, -0.25) is 0 Å². The van der Waals surface area contributed by atoms with Crippen LogP contribution in [0.5, 0.6) is 5.75 Å². The van der Waals surface area contributed by atoms with E-state index in [4.69, 9.17) is 14.2 Å². The topological polar surface area (TPSA) is 27.7 Å². The van der Waals surface area contributed by atoms with Gasteiger partial charge >= 0.3 is 6.48 Å². The summed E-state index contributed by atoms with van der Waals surface area (Å²) in [6, 6.07) is 18.7. The van der Waals surface area contributed by atoms with Crippen molar-refractivity contribution in [3.05, 3.63) is 54.6 Å². The number of benzene rings is 3. The average molecular weight is 266 g/mol. The molecule has 0 atom stereocenters. The van der Waals surface area contributed by atoms with Crippen molar-refractivity contribution in [1.82, 2.24) is 0 Å². The Morgan fingerprint density at radius 3 is 2.15 bits per heavy atom. The molecule has 0 amide bonds. The van der Waals surface area contributed by atoms with Gasteiger partial charge in [-0.1, -0.05) is 30.3 Å². The van der Waals surface area contributed by atoms with E-state index in [0.29, 0.717) is 13.2 Å². The van der Waals surface area contributed by atoms with Crippen molar-refractivity contribution in [3.8, 4) is 5.75 Å². The van der Waals surface area contributed by atoms with Gasteiger partial charge in [-0.2, -0.15) is 0 Å². The van der Waals surface area contributed by atoms with E-state index in [0.717, 1.165) is 11.1 Å². The van der Waals surface area contributed by atoms with Gasteiger partial charge in [-0.15, -0.1) is 0 Å². The van der Waals surface area contributed by atoms with Gasteiger partial charge in [0.2, 0.25) is 0 Å². The zero-order valence-electron chi connectivity index (χ0n) is 10.9. The Kier molecular flexibility index (Phi) is 2.80. The molecule has 1 fully saturated rings. The van der Waals surface area contributed by atoms with Crippen LogP contribution in [0.15, 0.2) is 54.6 Å². The summed E-state index contributed by atoms with van der Waals surface area (Å²) in [5, 5.41) is 4.82. The first-order valence-corrected chi connectivity index (χ1v) is 6.71. The number of hydrogen-bond acceptors (Lipinski definition) is 3. The van der Waals surface area contributed by atoms with Gasteiger partial charge in [-0.05, 0) is 45.8 Å². The van der Waals surface area contributed by atoms with Crippen molar-refractivity contribution in [2.45, 2.75) is 6.48 Å². The molecule has 4 rings (SSSR count). The normalized spacial score (nSPS) is 16.0. The molecule has 3 nitrogen and oxygen atoms in total. The van der Waals surface area contributed by atoms with E-state index >= 15 is 0 Å². The lowest BCUT2D eigenvalue weighted by Gasteiger charge is -2.12. The smallest absolute Gasteiger partial charge is 0.316 e. The molecule has 3 aromatic rings. The van der Waals surface area contributed by atoms with E-state index in [1.165, 1.54) is 16.2 Å². The van der Waals surface area contributed by atoms with Crippen LogP contribution in [0.25, 0.3) is 21.5 Å². The van der Waals surface area contributed by atoms with Crippen molar-refractivity contribution < 1.29 is 14.2 Å². The summed E-state index contributed by atoms with van der Waals surface area (Å²) < 4.78 is 16.2. The van der Waals surface area contributed by atoms with Crippen molar-refractivity contribution in [3.63, 3.8) is 0 Å². The highest BCUT2D eigenvalue weighted by molar-refractivity contribution is 5.98. The minimum Gasteiger partial charge on any atom is -0.441 e. The molecule has 0 unspecified atom stereocenters. The quantitative estimate of drug-likeness (QED) is 0.662. The van der Waals surface area contributed by atoms with Crippen LogP contribution in [-0.2, 0) is 9.47 Å². The summed E-state index contributed by atoms with van der Waals surface area (Å²) >= 11 is 0. The first-order valence-electron chi connectivity index (χ1n) is 6.71. The van der Waals surface area contributed by atoms with Gasteiger partial charge in [-0.25, -0.2) is 0 Å². The Bertz CT molecular complexity index is 760. The minimum absolute atomic E-state index is 0.576. The highest BCUT2D eigenvalue weighted by Crippen LogP contribution is 2.27. The van der Waals surface area contributed by atoms with Crippen LogP contribution in [0.1, 0.15) is 0 Å². The zero-order chi connectivity index (χ0) is 13.4. The van der Waals surface area contributed by atoms with E-state index in [2.05, 4.69) is 42.5 Å². The predicted molar refractivity (Wildman–Crippen MR) is 77.8 cm³/mol. The fourth-order valence-electron chi connectivity index (χ4n) is 2.51. The van der Waals surface area contributed by atoms with Crippen LogP contribution >= 0.6 is 0 Å². The van der Waals surface area contributed by atoms with Gasteiger partial charge in [0, 0.05) is 0 Å². The molecule has 1 saturated heterocycles. The van der Waals surface area contributed by atoms with Crippen LogP contribution in [0.4, 0.5) is 0 Å². The van der Waals surface area contributed by atoms with Crippen molar-refractivity contribution >= 4 is 21.5 Å². The van der Waals surface area contributed by atoms with Crippen LogP contribution < -0.4 is 4.74 Å². The molecule has 0 spiro atoms. The molecule has 3 aromatic carbocycles. The maximum atomic E-state index is 5.65. The van der Waals surface area contributed by atoms with Crippen LogP contribution in [0, 0.1) is 0 Å². The SMILES string of the molecule is c1ccc2cc3cc(OC4OCCO4)ccc3cc2c1. The fourth-order valence-corrected chi connectivity index (χ4v) is 2.51. The number of rotatable bonds is 2. The third-order valence-corrected chi connectivity index (χ3v) is 3.50. The molecule has 0 N–H and O–H groups in total. The highest BCUT2D eigenvalue weighted by Gasteiger charge is 2.17. The van der Waals surface area contributed by atoms with Gasteiger partial charge in [0.1, 0.15) is 5.75 Å². The predicted octanol–water partition coefficient (Wildman–Crippen LogP) is 3.70. The molecule has 0 saturated carbocycles. The number of hydrogen-bond donors (Lipinski definition) is 0. The van der Waals surface area contributed by atoms with Gasteiger partial charge < -0.3 is 14.2 Å². The van der Waals surface area contributed by atoms with Crippen LogP contribution in [0.2, 0.25) is 0 Å². The molecule has 0 radical (unpaired) electrons. The maximum Gasteiger partial charge on any atom is 0.316 e. The van der Waals surface area contributed by atoms with Gasteiger partial charge in [0.15, 0.2) is 0 Å². The third kappa shape index (κ3) is 2.11. The van der Waals surface area contributed by atoms with E-state index in [9.17, 15) is 0 Å². The van der Waals surface area contributed by atoms with E-state index < -0.39 is 6.48 Å². The largest absolute Gasteiger partial charge is 0.441 e. The molecule has 1 heterocycles. The van der Waals surface area contributed by atoms with E-state index in [-0.39, 0.29) is 0 Å².